The zero-order chi connectivity index (χ0) is 15.5. The van der Waals surface area contributed by atoms with Crippen molar-refractivity contribution in [1.82, 2.24) is 9.88 Å². The van der Waals surface area contributed by atoms with Crippen LogP contribution >= 0.6 is 11.3 Å². The minimum absolute atomic E-state index is 0.0508. The summed E-state index contributed by atoms with van der Waals surface area (Å²) < 4.78 is 1.21. The molecule has 1 amide bonds. The Bertz CT molecular complexity index is 657. The summed E-state index contributed by atoms with van der Waals surface area (Å²) in [5.41, 5.74) is 1.04. The minimum Gasteiger partial charge on any atom is -0.481 e. The van der Waals surface area contributed by atoms with Crippen LogP contribution in [0.3, 0.4) is 0 Å². The highest BCUT2D eigenvalue weighted by Crippen LogP contribution is 2.33. The standard InChI is InChI=1S/C16H18N2O3S/c19-14(5-6-15(20)21)18-9-7-11(8-10-18)16-17-12-3-1-2-4-13(12)22-16/h1-4,11H,5-10H2,(H,20,21). The van der Waals surface area contributed by atoms with Crippen LogP contribution in [0.4, 0.5) is 0 Å². The number of rotatable bonds is 4. The molecule has 22 heavy (non-hydrogen) atoms. The molecule has 0 radical (unpaired) electrons. The van der Waals surface area contributed by atoms with E-state index in [1.54, 1.807) is 16.2 Å². The van der Waals surface area contributed by atoms with Gasteiger partial charge < -0.3 is 10.0 Å². The lowest BCUT2D eigenvalue weighted by Crippen LogP contribution is -2.38. The Morgan fingerprint density at radius 2 is 1.95 bits per heavy atom. The molecule has 5 nitrogen and oxygen atoms in total. The summed E-state index contributed by atoms with van der Waals surface area (Å²) in [6.07, 6.45) is 1.81. The molecule has 1 aromatic heterocycles. The molecule has 0 bridgehead atoms. The molecule has 6 heteroatoms. The van der Waals surface area contributed by atoms with Crippen LogP contribution in [0.15, 0.2) is 24.3 Å². The zero-order valence-corrected chi connectivity index (χ0v) is 13.0. The zero-order valence-electron chi connectivity index (χ0n) is 12.2. The third-order valence-corrected chi connectivity index (χ3v) is 5.26. The number of nitrogens with zero attached hydrogens (tertiary/aromatic N) is 2. The van der Waals surface area contributed by atoms with Gasteiger partial charge in [-0.15, -0.1) is 11.3 Å². The van der Waals surface area contributed by atoms with E-state index in [0.29, 0.717) is 19.0 Å². The lowest BCUT2D eigenvalue weighted by Gasteiger charge is -2.31. The van der Waals surface area contributed by atoms with E-state index in [2.05, 4.69) is 6.07 Å². The summed E-state index contributed by atoms with van der Waals surface area (Å²) in [5, 5.41) is 9.79. The van der Waals surface area contributed by atoms with Gasteiger partial charge in [-0.3, -0.25) is 9.59 Å². The van der Waals surface area contributed by atoms with Crippen LogP contribution in [0.2, 0.25) is 0 Å². The van der Waals surface area contributed by atoms with Crippen molar-refractivity contribution in [3.63, 3.8) is 0 Å². The van der Waals surface area contributed by atoms with Crippen LogP contribution in [0.25, 0.3) is 10.2 Å². The fourth-order valence-electron chi connectivity index (χ4n) is 2.81. The van der Waals surface area contributed by atoms with E-state index in [0.717, 1.165) is 23.4 Å². The van der Waals surface area contributed by atoms with Crippen LogP contribution in [0, 0.1) is 0 Å². The summed E-state index contributed by atoms with van der Waals surface area (Å²) in [6, 6.07) is 8.13. The van der Waals surface area contributed by atoms with Crippen LogP contribution < -0.4 is 0 Å². The number of hydrogen-bond donors (Lipinski definition) is 1. The molecule has 1 saturated heterocycles. The van der Waals surface area contributed by atoms with Crippen LogP contribution in [-0.4, -0.2) is 40.0 Å². The molecule has 1 N–H and O–H groups in total. The number of benzene rings is 1. The highest BCUT2D eigenvalue weighted by atomic mass is 32.1. The molecule has 1 aliphatic rings. The number of aromatic nitrogens is 1. The average molecular weight is 318 g/mol. The van der Waals surface area contributed by atoms with E-state index >= 15 is 0 Å². The monoisotopic (exact) mass is 318 g/mol. The molecule has 2 heterocycles. The summed E-state index contributed by atoms with van der Waals surface area (Å²) in [7, 11) is 0. The molecule has 0 spiro atoms. The van der Waals surface area contributed by atoms with Crippen molar-refractivity contribution in [3.8, 4) is 0 Å². The van der Waals surface area contributed by atoms with E-state index in [4.69, 9.17) is 10.1 Å². The number of piperidine rings is 1. The number of carboxylic acid groups (broad SMARTS) is 1. The van der Waals surface area contributed by atoms with Gasteiger partial charge in [-0.05, 0) is 25.0 Å². The Balaban J connectivity index is 1.59. The number of hydrogen-bond acceptors (Lipinski definition) is 4. The fourth-order valence-corrected chi connectivity index (χ4v) is 3.95. The molecule has 1 aliphatic heterocycles. The van der Waals surface area contributed by atoms with Gasteiger partial charge in [0.05, 0.1) is 21.6 Å². The quantitative estimate of drug-likeness (QED) is 0.941. The number of amides is 1. The molecule has 116 valence electrons. The van der Waals surface area contributed by atoms with Crippen molar-refractivity contribution in [2.75, 3.05) is 13.1 Å². The maximum Gasteiger partial charge on any atom is 0.303 e. The number of carbonyl (C=O) groups is 2. The van der Waals surface area contributed by atoms with E-state index in [1.165, 1.54) is 4.70 Å². The van der Waals surface area contributed by atoms with E-state index in [1.807, 2.05) is 18.2 Å². The van der Waals surface area contributed by atoms with Crippen molar-refractivity contribution in [1.29, 1.82) is 0 Å². The van der Waals surface area contributed by atoms with Crippen molar-refractivity contribution >= 4 is 33.4 Å². The molecular weight excluding hydrogens is 300 g/mol. The molecular formula is C16H18N2O3S. The van der Waals surface area contributed by atoms with Gasteiger partial charge >= 0.3 is 5.97 Å². The molecule has 0 aliphatic carbocycles. The largest absolute Gasteiger partial charge is 0.481 e. The second-order valence-corrected chi connectivity index (χ2v) is 6.63. The van der Waals surface area contributed by atoms with Gasteiger partial charge in [-0.25, -0.2) is 4.98 Å². The van der Waals surface area contributed by atoms with Crippen molar-refractivity contribution in [2.24, 2.45) is 0 Å². The number of carboxylic acids is 1. The SMILES string of the molecule is O=C(O)CCC(=O)N1CCC(c2nc3ccccc3s2)CC1. The Hall–Kier alpha value is -1.95. The summed E-state index contributed by atoms with van der Waals surface area (Å²) >= 11 is 1.74. The van der Waals surface area contributed by atoms with Crippen molar-refractivity contribution in [3.05, 3.63) is 29.3 Å². The molecule has 2 aromatic rings. The van der Waals surface area contributed by atoms with E-state index < -0.39 is 5.97 Å². The molecule has 0 atom stereocenters. The van der Waals surface area contributed by atoms with Crippen LogP contribution in [-0.2, 0) is 9.59 Å². The van der Waals surface area contributed by atoms with Gasteiger partial charge in [0.15, 0.2) is 0 Å². The Morgan fingerprint density at radius 1 is 1.23 bits per heavy atom. The number of fused-ring (bicyclic) bond motifs is 1. The van der Waals surface area contributed by atoms with Gasteiger partial charge in [0.25, 0.3) is 0 Å². The number of likely N-dealkylation sites (tertiary alicyclic amines) is 1. The Labute approximate surface area is 132 Å². The first-order valence-electron chi connectivity index (χ1n) is 7.48. The Kier molecular flexibility index (Phi) is 4.38. The average Bonchev–Trinajstić information content (AvgIpc) is 2.96. The molecule has 1 fully saturated rings. The highest BCUT2D eigenvalue weighted by Gasteiger charge is 2.25. The second kappa shape index (κ2) is 6.44. The maximum atomic E-state index is 11.9. The van der Waals surface area contributed by atoms with Crippen molar-refractivity contribution < 1.29 is 14.7 Å². The van der Waals surface area contributed by atoms with Gasteiger partial charge in [-0.1, -0.05) is 12.1 Å². The van der Waals surface area contributed by atoms with Gasteiger partial charge in [0.1, 0.15) is 0 Å². The lowest BCUT2D eigenvalue weighted by molar-refractivity contribution is -0.141. The summed E-state index contributed by atoms with van der Waals surface area (Å²) in [5.74, 6) is -0.566. The number of aliphatic carboxylic acids is 1. The smallest absolute Gasteiger partial charge is 0.303 e. The van der Waals surface area contributed by atoms with E-state index in [9.17, 15) is 9.59 Å². The van der Waals surface area contributed by atoms with Crippen LogP contribution in [0.5, 0.6) is 0 Å². The number of para-hydroxylation sites is 1. The summed E-state index contributed by atoms with van der Waals surface area (Å²) in [4.78, 5) is 29.0. The van der Waals surface area contributed by atoms with Crippen molar-refractivity contribution in [2.45, 2.75) is 31.6 Å². The van der Waals surface area contributed by atoms with Crippen LogP contribution in [0.1, 0.15) is 36.6 Å². The van der Waals surface area contributed by atoms with Gasteiger partial charge in [-0.2, -0.15) is 0 Å². The van der Waals surface area contributed by atoms with Gasteiger partial charge in [0.2, 0.25) is 5.91 Å². The first kappa shape index (κ1) is 15.0. The first-order valence-corrected chi connectivity index (χ1v) is 8.30. The van der Waals surface area contributed by atoms with Gasteiger partial charge in [0, 0.05) is 25.4 Å². The molecule has 0 unspecified atom stereocenters. The predicted molar refractivity (Wildman–Crippen MR) is 85.0 cm³/mol. The fraction of sp³-hybridized carbons (Fsp3) is 0.438. The predicted octanol–water partition coefficient (Wildman–Crippen LogP) is 2.87. The molecule has 3 rings (SSSR count). The first-order chi connectivity index (χ1) is 10.6. The topological polar surface area (TPSA) is 70.5 Å². The number of thiazole rings is 1. The second-order valence-electron chi connectivity index (χ2n) is 5.57. The molecule has 1 aromatic carbocycles. The maximum absolute atomic E-state index is 11.9. The number of carbonyl (C=O) groups excluding carboxylic acids is 1. The third-order valence-electron chi connectivity index (χ3n) is 4.06. The summed E-state index contributed by atoms with van der Waals surface area (Å²) in [6.45, 7) is 1.39. The normalized spacial score (nSPS) is 16.1. The Morgan fingerprint density at radius 3 is 2.64 bits per heavy atom. The highest BCUT2D eigenvalue weighted by molar-refractivity contribution is 7.18. The third kappa shape index (κ3) is 3.27. The van der Waals surface area contributed by atoms with E-state index in [-0.39, 0.29) is 18.7 Å². The lowest BCUT2D eigenvalue weighted by atomic mass is 9.97. The minimum atomic E-state index is -0.919. The molecule has 0 saturated carbocycles.